The highest BCUT2D eigenvalue weighted by molar-refractivity contribution is 7.89. The zero-order valence-electron chi connectivity index (χ0n) is 13.7. The molecule has 0 saturated carbocycles. The fraction of sp³-hybridized carbons (Fsp3) is 0.235. The quantitative estimate of drug-likeness (QED) is 0.851. The Hall–Kier alpha value is -2.58. The lowest BCUT2D eigenvalue weighted by Crippen LogP contribution is -2.61. The Morgan fingerprint density at radius 2 is 1.72 bits per heavy atom. The van der Waals surface area contributed by atoms with Crippen LogP contribution in [0.2, 0.25) is 0 Å². The maximum atomic E-state index is 12.5. The molecule has 0 bridgehead atoms. The third-order valence-electron chi connectivity index (χ3n) is 3.91. The fourth-order valence-electron chi connectivity index (χ4n) is 2.50. The standard InChI is InChI=1S/C17H19N3O4S/c1-24-15-7-9-16(10-8-15)25(22,23)20-11-14(12-20)19-17(21)18-13-5-3-2-4-6-13/h2-10,14H,11-12H2,1H3,(H2,18,19,21). The van der Waals surface area contributed by atoms with Crippen LogP contribution in [0, 0.1) is 0 Å². The molecule has 1 aliphatic heterocycles. The van der Waals surface area contributed by atoms with E-state index in [0.29, 0.717) is 11.4 Å². The Morgan fingerprint density at radius 3 is 2.32 bits per heavy atom. The molecule has 0 aliphatic carbocycles. The highest BCUT2D eigenvalue weighted by atomic mass is 32.2. The second-order valence-electron chi connectivity index (χ2n) is 5.66. The van der Waals surface area contributed by atoms with E-state index in [9.17, 15) is 13.2 Å². The number of hydrogen-bond acceptors (Lipinski definition) is 4. The third kappa shape index (κ3) is 3.92. The van der Waals surface area contributed by atoms with Crippen LogP contribution in [0.25, 0.3) is 0 Å². The number of carbonyl (C=O) groups excluding carboxylic acids is 1. The van der Waals surface area contributed by atoms with Crippen LogP contribution < -0.4 is 15.4 Å². The highest BCUT2D eigenvalue weighted by Crippen LogP contribution is 2.23. The van der Waals surface area contributed by atoms with E-state index in [1.54, 1.807) is 24.3 Å². The van der Waals surface area contributed by atoms with E-state index >= 15 is 0 Å². The molecule has 0 atom stereocenters. The van der Waals surface area contributed by atoms with Gasteiger partial charge >= 0.3 is 6.03 Å². The topological polar surface area (TPSA) is 87.7 Å². The van der Waals surface area contributed by atoms with Crippen LogP contribution in [0.4, 0.5) is 10.5 Å². The highest BCUT2D eigenvalue weighted by Gasteiger charge is 2.37. The predicted octanol–water partition coefficient (Wildman–Crippen LogP) is 1.89. The van der Waals surface area contributed by atoms with Gasteiger partial charge in [-0.1, -0.05) is 18.2 Å². The number of nitrogens with zero attached hydrogens (tertiary/aromatic N) is 1. The van der Waals surface area contributed by atoms with Crippen molar-refractivity contribution in [2.45, 2.75) is 10.9 Å². The predicted molar refractivity (Wildman–Crippen MR) is 94.1 cm³/mol. The van der Waals surface area contributed by atoms with Gasteiger partial charge in [-0.2, -0.15) is 4.31 Å². The molecule has 2 amide bonds. The molecule has 0 spiro atoms. The van der Waals surface area contributed by atoms with E-state index in [1.165, 1.54) is 23.5 Å². The van der Waals surface area contributed by atoms with Crippen LogP contribution >= 0.6 is 0 Å². The summed E-state index contributed by atoms with van der Waals surface area (Å²) >= 11 is 0. The number of sulfonamides is 1. The van der Waals surface area contributed by atoms with Crippen molar-refractivity contribution in [1.29, 1.82) is 0 Å². The molecule has 2 N–H and O–H groups in total. The lowest BCUT2D eigenvalue weighted by atomic mass is 10.2. The number of amides is 2. The van der Waals surface area contributed by atoms with Crippen LogP contribution in [0.1, 0.15) is 0 Å². The van der Waals surface area contributed by atoms with Crippen molar-refractivity contribution in [2.24, 2.45) is 0 Å². The van der Waals surface area contributed by atoms with Gasteiger partial charge in [-0.05, 0) is 36.4 Å². The van der Waals surface area contributed by atoms with Crippen LogP contribution in [0.3, 0.4) is 0 Å². The second kappa shape index (κ2) is 7.12. The zero-order valence-corrected chi connectivity index (χ0v) is 14.5. The maximum Gasteiger partial charge on any atom is 0.319 e. The molecule has 132 valence electrons. The molecule has 0 aromatic heterocycles. The summed E-state index contributed by atoms with van der Waals surface area (Å²) in [5.41, 5.74) is 0.682. The smallest absolute Gasteiger partial charge is 0.319 e. The summed E-state index contributed by atoms with van der Waals surface area (Å²) < 4.78 is 31.4. The number of para-hydroxylation sites is 1. The van der Waals surface area contributed by atoms with Crippen LogP contribution in [-0.4, -0.2) is 45.0 Å². The van der Waals surface area contributed by atoms with E-state index in [0.717, 1.165) is 0 Å². The molecule has 2 aromatic carbocycles. The van der Waals surface area contributed by atoms with Crippen LogP contribution in [0.15, 0.2) is 59.5 Å². The zero-order chi connectivity index (χ0) is 17.9. The normalized spacial score (nSPS) is 15.2. The number of benzene rings is 2. The van der Waals surface area contributed by atoms with E-state index < -0.39 is 10.0 Å². The average Bonchev–Trinajstić information content (AvgIpc) is 2.58. The van der Waals surface area contributed by atoms with Crippen LogP contribution in [0.5, 0.6) is 5.75 Å². The van der Waals surface area contributed by atoms with Crippen molar-refractivity contribution >= 4 is 21.7 Å². The summed E-state index contributed by atoms with van der Waals surface area (Å²) in [6.07, 6.45) is 0. The molecule has 2 aromatic rings. The lowest BCUT2D eigenvalue weighted by Gasteiger charge is -2.38. The van der Waals surface area contributed by atoms with E-state index in [2.05, 4.69) is 10.6 Å². The first-order valence-corrected chi connectivity index (χ1v) is 9.20. The number of rotatable bonds is 5. The monoisotopic (exact) mass is 361 g/mol. The number of hydrogen-bond donors (Lipinski definition) is 2. The first kappa shape index (κ1) is 17.2. The molecule has 0 unspecified atom stereocenters. The molecular weight excluding hydrogens is 342 g/mol. The van der Waals surface area contributed by atoms with E-state index in [1.807, 2.05) is 18.2 Å². The van der Waals surface area contributed by atoms with Gasteiger partial charge in [0.05, 0.1) is 18.0 Å². The van der Waals surface area contributed by atoms with Gasteiger partial charge in [-0.25, -0.2) is 13.2 Å². The number of methoxy groups -OCH3 is 1. The number of anilines is 1. The molecule has 8 heteroatoms. The summed E-state index contributed by atoms with van der Waals surface area (Å²) in [7, 11) is -2.03. The summed E-state index contributed by atoms with van der Waals surface area (Å²) in [6, 6.07) is 14.7. The van der Waals surface area contributed by atoms with Gasteiger partial charge < -0.3 is 15.4 Å². The minimum Gasteiger partial charge on any atom is -0.497 e. The Morgan fingerprint density at radius 1 is 1.08 bits per heavy atom. The molecule has 1 saturated heterocycles. The SMILES string of the molecule is COc1ccc(S(=O)(=O)N2CC(NC(=O)Nc3ccccc3)C2)cc1. The Balaban J connectivity index is 1.53. The molecule has 1 heterocycles. The van der Waals surface area contributed by atoms with Gasteiger partial charge in [-0.15, -0.1) is 0 Å². The third-order valence-corrected chi connectivity index (χ3v) is 5.76. The minimum absolute atomic E-state index is 0.209. The van der Waals surface area contributed by atoms with Gasteiger partial charge in [0.15, 0.2) is 0 Å². The molecule has 3 rings (SSSR count). The van der Waals surface area contributed by atoms with Crippen molar-refractivity contribution in [3.05, 3.63) is 54.6 Å². The first-order chi connectivity index (χ1) is 12.0. The Labute approximate surface area is 146 Å². The first-order valence-electron chi connectivity index (χ1n) is 7.76. The summed E-state index contributed by atoms with van der Waals surface area (Å²) in [6.45, 7) is 0.493. The van der Waals surface area contributed by atoms with E-state index in [-0.39, 0.29) is 30.1 Å². The Kier molecular flexibility index (Phi) is 4.91. The molecule has 1 aliphatic rings. The van der Waals surface area contributed by atoms with Gasteiger partial charge in [-0.3, -0.25) is 0 Å². The number of urea groups is 1. The van der Waals surface area contributed by atoms with Gasteiger partial charge in [0.1, 0.15) is 5.75 Å². The minimum atomic E-state index is -3.55. The lowest BCUT2D eigenvalue weighted by molar-refractivity contribution is 0.213. The average molecular weight is 361 g/mol. The van der Waals surface area contributed by atoms with Crippen LogP contribution in [-0.2, 0) is 10.0 Å². The van der Waals surface area contributed by atoms with Gasteiger partial charge in [0.25, 0.3) is 0 Å². The van der Waals surface area contributed by atoms with E-state index in [4.69, 9.17) is 4.74 Å². The van der Waals surface area contributed by atoms with Crippen molar-refractivity contribution in [3.8, 4) is 5.75 Å². The summed E-state index contributed by atoms with van der Waals surface area (Å²) in [4.78, 5) is 12.1. The number of nitrogens with one attached hydrogen (secondary N) is 2. The van der Waals surface area contributed by atoms with Crippen molar-refractivity contribution in [1.82, 2.24) is 9.62 Å². The van der Waals surface area contributed by atoms with Crippen molar-refractivity contribution in [3.63, 3.8) is 0 Å². The molecule has 7 nitrogen and oxygen atoms in total. The molecule has 25 heavy (non-hydrogen) atoms. The Bertz CT molecular complexity index is 832. The molecule has 0 radical (unpaired) electrons. The number of ether oxygens (including phenoxy) is 1. The largest absolute Gasteiger partial charge is 0.497 e. The molecule has 1 fully saturated rings. The number of carbonyl (C=O) groups is 1. The van der Waals surface area contributed by atoms with Crippen molar-refractivity contribution in [2.75, 3.05) is 25.5 Å². The van der Waals surface area contributed by atoms with Gasteiger partial charge in [0.2, 0.25) is 10.0 Å². The molecular formula is C17H19N3O4S. The fourth-order valence-corrected chi connectivity index (χ4v) is 4.03. The summed E-state index contributed by atoms with van der Waals surface area (Å²) in [5.74, 6) is 0.597. The van der Waals surface area contributed by atoms with Gasteiger partial charge in [0, 0.05) is 18.8 Å². The maximum absolute atomic E-state index is 12.5. The second-order valence-corrected chi connectivity index (χ2v) is 7.60. The van der Waals surface area contributed by atoms with Crippen molar-refractivity contribution < 1.29 is 17.9 Å². The summed E-state index contributed by atoms with van der Waals surface area (Å²) in [5, 5.41) is 5.47.